The lowest BCUT2D eigenvalue weighted by molar-refractivity contribution is -0.122. The zero-order valence-corrected chi connectivity index (χ0v) is 12.4. The molecule has 4 nitrogen and oxygen atoms in total. The summed E-state index contributed by atoms with van der Waals surface area (Å²) in [7, 11) is 1.93. The highest BCUT2D eigenvalue weighted by Crippen LogP contribution is 2.05. The Morgan fingerprint density at radius 1 is 1.35 bits per heavy atom. The Labute approximate surface area is 121 Å². The molecule has 0 fully saturated rings. The van der Waals surface area contributed by atoms with Crippen molar-refractivity contribution in [1.29, 1.82) is 0 Å². The molecule has 0 radical (unpaired) electrons. The second-order valence-corrected chi connectivity index (χ2v) is 5.10. The Kier molecular flexibility index (Phi) is 6.78. The third-order valence-electron chi connectivity index (χ3n) is 2.60. The van der Waals surface area contributed by atoms with Crippen molar-refractivity contribution < 1.29 is 4.79 Å². The lowest BCUT2D eigenvalue weighted by Crippen LogP contribution is -2.38. The topological polar surface area (TPSA) is 58.4 Å². The van der Waals surface area contributed by atoms with E-state index in [1.54, 1.807) is 0 Å². The molecule has 0 aromatic heterocycles. The van der Waals surface area contributed by atoms with Gasteiger partial charge in [-0.2, -0.15) is 0 Å². The first-order chi connectivity index (χ1) is 9.51. The smallest absolute Gasteiger partial charge is 0.234 e. The van der Waals surface area contributed by atoms with Gasteiger partial charge in [-0.3, -0.25) is 9.69 Å². The third-order valence-corrected chi connectivity index (χ3v) is 2.60. The number of carbonyl (C=O) groups excluding carboxylic acids is 1. The molecule has 0 saturated heterocycles. The molecule has 20 heavy (non-hydrogen) atoms. The van der Waals surface area contributed by atoms with Gasteiger partial charge in [-0.05, 0) is 38.6 Å². The zero-order chi connectivity index (χ0) is 15.0. The molecule has 0 aliphatic heterocycles. The monoisotopic (exact) mass is 273 g/mol. The number of nitrogens with two attached hydrogens (primary N) is 1. The van der Waals surface area contributed by atoms with Crippen LogP contribution in [0.15, 0.2) is 24.3 Å². The molecule has 0 atom stereocenters. The maximum Gasteiger partial charge on any atom is 0.234 e. The molecule has 0 bridgehead atoms. The van der Waals surface area contributed by atoms with Crippen molar-refractivity contribution in [3.63, 3.8) is 0 Å². The van der Waals surface area contributed by atoms with Gasteiger partial charge >= 0.3 is 0 Å². The predicted octanol–water partition coefficient (Wildman–Crippen LogP) is 0.953. The molecule has 0 saturated carbocycles. The maximum atomic E-state index is 11.6. The van der Waals surface area contributed by atoms with Crippen molar-refractivity contribution >= 4 is 5.91 Å². The molecule has 4 heteroatoms. The van der Waals surface area contributed by atoms with E-state index in [4.69, 9.17) is 5.73 Å². The van der Waals surface area contributed by atoms with Gasteiger partial charge < -0.3 is 11.1 Å². The average molecular weight is 273 g/mol. The van der Waals surface area contributed by atoms with Crippen LogP contribution < -0.4 is 11.1 Å². The van der Waals surface area contributed by atoms with Crippen molar-refractivity contribution in [2.24, 2.45) is 5.73 Å². The Bertz CT molecular complexity index is 483. The Balaban J connectivity index is 2.49. The summed E-state index contributed by atoms with van der Waals surface area (Å²) >= 11 is 0. The Hall–Kier alpha value is -1.83. The summed E-state index contributed by atoms with van der Waals surface area (Å²) in [6.07, 6.45) is 0. The van der Waals surface area contributed by atoms with Crippen LogP contribution in [0.3, 0.4) is 0 Å². The number of carbonyl (C=O) groups is 1. The van der Waals surface area contributed by atoms with E-state index >= 15 is 0 Å². The number of hydrogen-bond acceptors (Lipinski definition) is 3. The molecule has 3 N–H and O–H groups in total. The molecule has 0 aliphatic carbocycles. The molecule has 108 valence electrons. The number of amides is 1. The highest BCUT2D eigenvalue weighted by atomic mass is 16.2. The molecular formula is C16H23N3O. The highest BCUT2D eigenvalue weighted by Gasteiger charge is 2.07. The van der Waals surface area contributed by atoms with E-state index in [9.17, 15) is 4.79 Å². The Morgan fingerprint density at radius 3 is 2.55 bits per heavy atom. The van der Waals surface area contributed by atoms with E-state index in [-0.39, 0.29) is 11.9 Å². The van der Waals surface area contributed by atoms with Crippen LogP contribution in [0.25, 0.3) is 0 Å². The van der Waals surface area contributed by atoms with Crippen molar-refractivity contribution in [2.75, 3.05) is 20.1 Å². The van der Waals surface area contributed by atoms with Gasteiger partial charge in [-0.1, -0.05) is 24.0 Å². The third kappa shape index (κ3) is 6.37. The minimum atomic E-state index is 0.0490. The summed E-state index contributed by atoms with van der Waals surface area (Å²) in [4.78, 5) is 13.6. The van der Waals surface area contributed by atoms with Gasteiger partial charge in [-0.25, -0.2) is 0 Å². The lowest BCUT2D eigenvalue weighted by atomic mass is 10.1. The molecule has 1 aromatic carbocycles. The van der Waals surface area contributed by atoms with E-state index in [0.29, 0.717) is 13.1 Å². The van der Waals surface area contributed by atoms with Gasteiger partial charge in [0, 0.05) is 18.2 Å². The van der Waals surface area contributed by atoms with Gasteiger partial charge in [0.05, 0.1) is 13.1 Å². The van der Waals surface area contributed by atoms with Crippen LogP contribution in [-0.2, 0) is 11.3 Å². The van der Waals surface area contributed by atoms with E-state index in [0.717, 1.165) is 17.7 Å². The first-order valence-electron chi connectivity index (χ1n) is 6.77. The fourth-order valence-electron chi connectivity index (χ4n) is 1.83. The maximum absolute atomic E-state index is 11.6. The summed E-state index contributed by atoms with van der Waals surface area (Å²) in [6.45, 7) is 5.41. The van der Waals surface area contributed by atoms with Crippen molar-refractivity contribution in [3.8, 4) is 11.8 Å². The van der Waals surface area contributed by atoms with Gasteiger partial charge in [0.2, 0.25) is 5.91 Å². The number of likely N-dealkylation sites (N-methyl/N-ethyl adjacent to an activating group) is 1. The average Bonchev–Trinajstić information content (AvgIpc) is 2.36. The second kappa shape index (κ2) is 8.36. The number of rotatable bonds is 5. The first kappa shape index (κ1) is 16.2. The standard InChI is InChI=1S/C16H23N3O/c1-13(2)18-16(20)12-19(3)11-15-8-6-14(7-9-15)5-4-10-17/h6-9,13H,10-12,17H2,1-3H3,(H,18,20). The van der Waals surface area contributed by atoms with E-state index in [1.165, 1.54) is 0 Å². The van der Waals surface area contributed by atoms with Crippen molar-refractivity contribution in [3.05, 3.63) is 35.4 Å². The number of nitrogens with zero attached hydrogens (tertiary/aromatic N) is 1. The first-order valence-corrected chi connectivity index (χ1v) is 6.77. The van der Waals surface area contributed by atoms with Crippen LogP contribution in [0, 0.1) is 11.8 Å². The second-order valence-electron chi connectivity index (χ2n) is 5.10. The highest BCUT2D eigenvalue weighted by molar-refractivity contribution is 5.78. The molecular weight excluding hydrogens is 250 g/mol. The molecule has 0 spiro atoms. The zero-order valence-electron chi connectivity index (χ0n) is 12.4. The number of hydrogen-bond donors (Lipinski definition) is 2. The quantitative estimate of drug-likeness (QED) is 0.785. The van der Waals surface area contributed by atoms with Gasteiger partial charge in [0.1, 0.15) is 0 Å². The normalized spacial score (nSPS) is 10.3. The summed E-state index contributed by atoms with van der Waals surface area (Å²) in [5.41, 5.74) is 7.45. The van der Waals surface area contributed by atoms with Crippen LogP contribution in [0.4, 0.5) is 0 Å². The van der Waals surface area contributed by atoms with Crippen molar-refractivity contribution in [2.45, 2.75) is 26.4 Å². The molecule has 1 amide bonds. The molecule has 1 rings (SSSR count). The van der Waals surface area contributed by atoms with E-state index in [2.05, 4.69) is 17.2 Å². The van der Waals surface area contributed by atoms with Gasteiger partial charge in [0.25, 0.3) is 0 Å². The number of nitrogens with one attached hydrogen (secondary N) is 1. The van der Waals surface area contributed by atoms with Crippen LogP contribution in [0.1, 0.15) is 25.0 Å². The molecule has 0 unspecified atom stereocenters. The SMILES string of the molecule is CC(C)NC(=O)CN(C)Cc1ccc(C#CCN)cc1. The van der Waals surface area contributed by atoms with Crippen LogP contribution in [-0.4, -0.2) is 37.0 Å². The Morgan fingerprint density at radius 2 is 2.00 bits per heavy atom. The van der Waals surface area contributed by atoms with Gasteiger partial charge in [0.15, 0.2) is 0 Å². The predicted molar refractivity (Wildman–Crippen MR) is 82.0 cm³/mol. The minimum Gasteiger partial charge on any atom is -0.353 e. The molecule has 1 aromatic rings. The molecule has 0 heterocycles. The molecule has 0 aliphatic rings. The number of benzene rings is 1. The van der Waals surface area contributed by atoms with Crippen LogP contribution in [0.5, 0.6) is 0 Å². The fourth-order valence-corrected chi connectivity index (χ4v) is 1.83. The van der Waals surface area contributed by atoms with E-state index in [1.807, 2.05) is 50.1 Å². The summed E-state index contributed by atoms with van der Waals surface area (Å²) < 4.78 is 0. The summed E-state index contributed by atoms with van der Waals surface area (Å²) in [5, 5.41) is 2.88. The van der Waals surface area contributed by atoms with Gasteiger partial charge in [-0.15, -0.1) is 0 Å². The van der Waals surface area contributed by atoms with Crippen LogP contribution in [0.2, 0.25) is 0 Å². The summed E-state index contributed by atoms with van der Waals surface area (Å²) in [6, 6.07) is 8.17. The fraction of sp³-hybridized carbons (Fsp3) is 0.438. The summed E-state index contributed by atoms with van der Waals surface area (Å²) in [5.74, 6) is 5.86. The minimum absolute atomic E-state index is 0.0490. The van der Waals surface area contributed by atoms with Crippen LogP contribution >= 0.6 is 0 Å². The van der Waals surface area contributed by atoms with Crippen molar-refractivity contribution in [1.82, 2.24) is 10.2 Å². The lowest BCUT2D eigenvalue weighted by Gasteiger charge is -2.17. The van der Waals surface area contributed by atoms with E-state index < -0.39 is 0 Å². The largest absolute Gasteiger partial charge is 0.353 e.